The van der Waals surface area contributed by atoms with Crippen molar-refractivity contribution in [3.05, 3.63) is 0 Å². The molecule has 2 unspecified atom stereocenters. The van der Waals surface area contributed by atoms with Crippen molar-refractivity contribution in [2.45, 2.75) is 38.6 Å². The van der Waals surface area contributed by atoms with Gasteiger partial charge in [0, 0.05) is 12.8 Å². The summed E-state index contributed by atoms with van der Waals surface area (Å²) >= 11 is 0. The maximum absolute atomic E-state index is 9.32. The minimum Gasteiger partial charge on any atom is -0.363 e. The van der Waals surface area contributed by atoms with E-state index in [-0.39, 0.29) is 6.10 Å². The van der Waals surface area contributed by atoms with Gasteiger partial charge in [0.15, 0.2) is 0 Å². The van der Waals surface area contributed by atoms with E-state index in [4.69, 9.17) is 4.89 Å². The van der Waals surface area contributed by atoms with Crippen LogP contribution in [0.2, 0.25) is 0 Å². The highest BCUT2D eigenvalue weighted by atomic mass is 17.2. The van der Waals surface area contributed by atoms with Gasteiger partial charge in [0.25, 0.3) is 0 Å². The summed E-state index contributed by atoms with van der Waals surface area (Å²) in [7, 11) is 0. The quantitative estimate of drug-likeness (QED) is 0.537. The highest BCUT2D eigenvalue weighted by molar-refractivity contribution is 4.70. The fourth-order valence-electron chi connectivity index (χ4n) is 0.892. The standard InChI is InChI=1S/C6H12O3/c1-3-6(7)4-5(2)8-9-6/h5,7H,3-4H2,1-2H3. The summed E-state index contributed by atoms with van der Waals surface area (Å²) in [5, 5.41) is 9.32. The Kier molecular flexibility index (Phi) is 1.75. The Balaban J connectivity index is 2.45. The first-order chi connectivity index (χ1) is 4.16. The molecule has 0 aromatic rings. The number of hydrogen-bond acceptors (Lipinski definition) is 3. The molecule has 0 spiro atoms. The monoisotopic (exact) mass is 132 g/mol. The molecule has 1 fully saturated rings. The van der Waals surface area contributed by atoms with Gasteiger partial charge in [0.1, 0.15) is 0 Å². The van der Waals surface area contributed by atoms with Gasteiger partial charge in [-0.25, -0.2) is 9.78 Å². The predicted molar refractivity (Wildman–Crippen MR) is 31.5 cm³/mol. The molecule has 3 nitrogen and oxygen atoms in total. The molecule has 9 heavy (non-hydrogen) atoms. The third kappa shape index (κ3) is 1.41. The molecular weight excluding hydrogens is 120 g/mol. The minimum absolute atomic E-state index is 0.0231. The van der Waals surface area contributed by atoms with Crippen LogP contribution < -0.4 is 0 Å². The lowest BCUT2D eigenvalue weighted by atomic mass is 10.1. The lowest BCUT2D eigenvalue weighted by molar-refractivity contribution is -0.377. The first kappa shape index (κ1) is 6.99. The second-order valence-electron chi connectivity index (χ2n) is 2.49. The van der Waals surface area contributed by atoms with E-state index < -0.39 is 5.79 Å². The zero-order valence-electron chi connectivity index (χ0n) is 5.76. The van der Waals surface area contributed by atoms with E-state index in [9.17, 15) is 5.11 Å². The van der Waals surface area contributed by atoms with Crippen LogP contribution in [0.3, 0.4) is 0 Å². The van der Waals surface area contributed by atoms with Crippen LogP contribution in [0.15, 0.2) is 0 Å². The summed E-state index contributed by atoms with van der Waals surface area (Å²) in [5.41, 5.74) is 0. The van der Waals surface area contributed by atoms with E-state index in [1.807, 2.05) is 13.8 Å². The van der Waals surface area contributed by atoms with E-state index in [0.29, 0.717) is 12.8 Å². The van der Waals surface area contributed by atoms with Crippen LogP contribution in [0, 0.1) is 0 Å². The van der Waals surface area contributed by atoms with Crippen molar-refractivity contribution in [2.24, 2.45) is 0 Å². The van der Waals surface area contributed by atoms with Crippen molar-refractivity contribution in [3.63, 3.8) is 0 Å². The van der Waals surface area contributed by atoms with Gasteiger partial charge in [-0.1, -0.05) is 6.92 Å². The zero-order chi connectivity index (χ0) is 6.91. The van der Waals surface area contributed by atoms with Gasteiger partial charge in [-0.05, 0) is 6.92 Å². The van der Waals surface area contributed by atoms with Crippen LogP contribution in [0.1, 0.15) is 26.7 Å². The molecule has 1 heterocycles. The largest absolute Gasteiger partial charge is 0.363 e. The Morgan fingerprint density at radius 1 is 1.78 bits per heavy atom. The highest BCUT2D eigenvalue weighted by Crippen LogP contribution is 2.27. The first-order valence-corrected chi connectivity index (χ1v) is 3.23. The summed E-state index contributed by atoms with van der Waals surface area (Å²) in [6.45, 7) is 3.73. The van der Waals surface area contributed by atoms with Gasteiger partial charge < -0.3 is 5.11 Å². The van der Waals surface area contributed by atoms with Crippen molar-refractivity contribution in [2.75, 3.05) is 0 Å². The van der Waals surface area contributed by atoms with Crippen LogP contribution in [-0.4, -0.2) is 17.0 Å². The van der Waals surface area contributed by atoms with E-state index in [1.165, 1.54) is 0 Å². The van der Waals surface area contributed by atoms with Gasteiger partial charge in [0.05, 0.1) is 6.10 Å². The Morgan fingerprint density at radius 2 is 2.44 bits per heavy atom. The molecule has 0 aliphatic carbocycles. The van der Waals surface area contributed by atoms with E-state index in [2.05, 4.69) is 4.89 Å². The molecule has 0 aromatic heterocycles. The molecule has 54 valence electrons. The van der Waals surface area contributed by atoms with Gasteiger partial charge in [0.2, 0.25) is 5.79 Å². The van der Waals surface area contributed by atoms with Crippen molar-refractivity contribution < 1.29 is 14.9 Å². The summed E-state index contributed by atoms with van der Waals surface area (Å²) < 4.78 is 0. The summed E-state index contributed by atoms with van der Waals surface area (Å²) in [6, 6.07) is 0. The molecule has 1 rings (SSSR count). The van der Waals surface area contributed by atoms with Crippen LogP contribution in [0.5, 0.6) is 0 Å². The first-order valence-electron chi connectivity index (χ1n) is 3.23. The molecular formula is C6H12O3. The van der Waals surface area contributed by atoms with Crippen LogP contribution in [0.4, 0.5) is 0 Å². The number of aliphatic hydroxyl groups is 1. The normalized spacial score (nSPS) is 43.7. The lowest BCUT2D eigenvalue weighted by Gasteiger charge is -2.14. The molecule has 0 bridgehead atoms. The number of rotatable bonds is 1. The van der Waals surface area contributed by atoms with Gasteiger partial charge in [-0.2, -0.15) is 0 Å². The minimum atomic E-state index is -1.01. The summed E-state index contributed by atoms with van der Waals surface area (Å²) in [6.07, 6.45) is 1.18. The topological polar surface area (TPSA) is 38.7 Å². The van der Waals surface area contributed by atoms with E-state index >= 15 is 0 Å². The average Bonchev–Trinajstić information content (AvgIpc) is 2.13. The molecule has 0 amide bonds. The second kappa shape index (κ2) is 2.25. The van der Waals surface area contributed by atoms with Crippen molar-refractivity contribution in [1.29, 1.82) is 0 Å². The predicted octanol–water partition coefficient (Wildman–Crippen LogP) is 0.825. The van der Waals surface area contributed by atoms with Crippen LogP contribution >= 0.6 is 0 Å². The number of hydrogen-bond donors (Lipinski definition) is 1. The smallest absolute Gasteiger partial charge is 0.201 e. The van der Waals surface area contributed by atoms with Gasteiger partial charge in [-0.3, -0.25) is 0 Å². The molecule has 3 heteroatoms. The third-order valence-corrected chi connectivity index (χ3v) is 1.53. The van der Waals surface area contributed by atoms with Crippen molar-refractivity contribution in [3.8, 4) is 0 Å². The molecule has 1 saturated heterocycles. The van der Waals surface area contributed by atoms with E-state index in [1.54, 1.807) is 0 Å². The maximum atomic E-state index is 9.32. The third-order valence-electron chi connectivity index (χ3n) is 1.53. The highest BCUT2D eigenvalue weighted by Gasteiger charge is 2.36. The van der Waals surface area contributed by atoms with Crippen LogP contribution in [0.25, 0.3) is 0 Å². The van der Waals surface area contributed by atoms with Crippen molar-refractivity contribution in [1.82, 2.24) is 0 Å². The summed E-state index contributed by atoms with van der Waals surface area (Å²) in [4.78, 5) is 9.37. The fourth-order valence-corrected chi connectivity index (χ4v) is 0.892. The van der Waals surface area contributed by atoms with Crippen LogP contribution in [-0.2, 0) is 9.78 Å². The Morgan fingerprint density at radius 3 is 2.67 bits per heavy atom. The summed E-state index contributed by atoms with van der Waals surface area (Å²) in [5.74, 6) is -1.01. The second-order valence-corrected chi connectivity index (χ2v) is 2.49. The molecule has 2 atom stereocenters. The molecule has 0 radical (unpaired) electrons. The van der Waals surface area contributed by atoms with E-state index in [0.717, 1.165) is 0 Å². The zero-order valence-corrected chi connectivity index (χ0v) is 5.76. The SMILES string of the molecule is CCC1(O)CC(C)OO1. The molecule has 1 aliphatic heterocycles. The lowest BCUT2D eigenvalue weighted by Crippen LogP contribution is -2.25. The average molecular weight is 132 g/mol. The molecule has 1 N–H and O–H groups in total. The maximum Gasteiger partial charge on any atom is 0.201 e. The molecule has 1 aliphatic rings. The molecule has 0 aromatic carbocycles. The van der Waals surface area contributed by atoms with Gasteiger partial charge >= 0.3 is 0 Å². The Bertz CT molecular complexity index is 104. The van der Waals surface area contributed by atoms with Crippen molar-refractivity contribution >= 4 is 0 Å². The molecule has 0 saturated carbocycles. The fraction of sp³-hybridized carbons (Fsp3) is 1.00. The van der Waals surface area contributed by atoms with Gasteiger partial charge in [-0.15, -0.1) is 0 Å². The Labute approximate surface area is 54.5 Å². The Hall–Kier alpha value is -0.120.